The minimum absolute atomic E-state index is 0.00306. The number of rotatable bonds is 11. The Bertz CT molecular complexity index is 704. The third-order valence-electron chi connectivity index (χ3n) is 4.11. The van der Waals surface area contributed by atoms with E-state index in [0.717, 1.165) is 17.7 Å². The van der Waals surface area contributed by atoms with Gasteiger partial charge in [-0.25, -0.2) is 0 Å². The largest absolute Gasteiger partial charge is 0.497 e. The summed E-state index contributed by atoms with van der Waals surface area (Å²) in [5, 5.41) is 2.94. The van der Waals surface area contributed by atoms with Crippen LogP contribution in [0, 0.1) is 0 Å². The molecule has 0 atom stereocenters. The van der Waals surface area contributed by atoms with Crippen LogP contribution in [0.4, 0.5) is 0 Å². The van der Waals surface area contributed by atoms with Gasteiger partial charge in [0.1, 0.15) is 12.4 Å². The molecule has 0 saturated heterocycles. The number of likely N-dealkylation sites (N-methyl/N-ethyl adjacent to an activating group) is 1. The van der Waals surface area contributed by atoms with Crippen molar-refractivity contribution in [3.05, 3.63) is 54.1 Å². The molecule has 0 spiro atoms. The molecule has 1 N–H and O–H groups in total. The SMILES string of the molecule is COc1ccc(CCNC(=O)CN(C)CCOc2ccccc2OC)cc1. The highest BCUT2D eigenvalue weighted by molar-refractivity contribution is 5.77. The fourth-order valence-electron chi connectivity index (χ4n) is 2.57. The van der Waals surface area contributed by atoms with Crippen molar-refractivity contribution in [1.82, 2.24) is 10.2 Å². The molecule has 0 heterocycles. The quantitative estimate of drug-likeness (QED) is 0.656. The molecule has 2 aromatic carbocycles. The predicted molar refractivity (Wildman–Crippen MR) is 106 cm³/mol. The maximum Gasteiger partial charge on any atom is 0.234 e. The van der Waals surface area contributed by atoms with E-state index in [-0.39, 0.29) is 5.91 Å². The summed E-state index contributed by atoms with van der Waals surface area (Å²) in [6.07, 6.45) is 0.788. The third-order valence-corrected chi connectivity index (χ3v) is 4.11. The summed E-state index contributed by atoms with van der Waals surface area (Å²) < 4.78 is 16.1. The van der Waals surface area contributed by atoms with Gasteiger partial charge in [-0.15, -0.1) is 0 Å². The first kappa shape index (κ1) is 20.6. The van der Waals surface area contributed by atoms with E-state index in [9.17, 15) is 4.79 Å². The number of nitrogens with zero attached hydrogens (tertiary/aromatic N) is 1. The van der Waals surface area contributed by atoms with E-state index in [0.29, 0.717) is 37.7 Å². The number of para-hydroxylation sites is 2. The monoisotopic (exact) mass is 372 g/mol. The van der Waals surface area contributed by atoms with E-state index in [1.807, 2.05) is 60.5 Å². The van der Waals surface area contributed by atoms with Crippen LogP contribution < -0.4 is 19.5 Å². The van der Waals surface area contributed by atoms with Gasteiger partial charge in [0.05, 0.1) is 20.8 Å². The molecule has 0 aliphatic heterocycles. The van der Waals surface area contributed by atoms with Gasteiger partial charge < -0.3 is 19.5 Å². The Morgan fingerprint density at radius 2 is 1.70 bits per heavy atom. The molecule has 0 radical (unpaired) electrons. The molecule has 0 aromatic heterocycles. The highest BCUT2D eigenvalue weighted by Crippen LogP contribution is 2.25. The number of carbonyl (C=O) groups excluding carboxylic acids is 1. The van der Waals surface area contributed by atoms with E-state index in [1.54, 1.807) is 14.2 Å². The van der Waals surface area contributed by atoms with E-state index in [2.05, 4.69) is 5.32 Å². The van der Waals surface area contributed by atoms with E-state index >= 15 is 0 Å². The topological polar surface area (TPSA) is 60.0 Å². The van der Waals surface area contributed by atoms with Gasteiger partial charge in [0.2, 0.25) is 5.91 Å². The molecule has 27 heavy (non-hydrogen) atoms. The Morgan fingerprint density at radius 1 is 1.00 bits per heavy atom. The molecule has 6 nitrogen and oxygen atoms in total. The summed E-state index contributed by atoms with van der Waals surface area (Å²) in [5.74, 6) is 2.25. The first-order valence-electron chi connectivity index (χ1n) is 8.96. The average Bonchev–Trinajstić information content (AvgIpc) is 2.69. The Labute approximate surface area is 161 Å². The standard InChI is InChI=1S/C21H28N2O4/c1-23(14-15-27-20-7-5-4-6-19(20)26-3)16-21(24)22-13-12-17-8-10-18(25-2)11-9-17/h4-11H,12-16H2,1-3H3,(H,22,24). The first-order valence-corrected chi connectivity index (χ1v) is 8.96. The molecule has 146 valence electrons. The van der Waals surface area contributed by atoms with Crippen molar-refractivity contribution < 1.29 is 19.0 Å². The van der Waals surface area contributed by atoms with Gasteiger partial charge in [0.15, 0.2) is 11.5 Å². The van der Waals surface area contributed by atoms with Crippen molar-refractivity contribution in [3.8, 4) is 17.2 Å². The van der Waals surface area contributed by atoms with Gasteiger partial charge >= 0.3 is 0 Å². The second-order valence-corrected chi connectivity index (χ2v) is 6.19. The van der Waals surface area contributed by atoms with Crippen LogP contribution in [-0.4, -0.2) is 58.3 Å². The van der Waals surface area contributed by atoms with Crippen molar-refractivity contribution in [2.75, 3.05) is 47.5 Å². The van der Waals surface area contributed by atoms with Crippen LogP contribution in [0.15, 0.2) is 48.5 Å². The van der Waals surface area contributed by atoms with Crippen molar-refractivity contribution in [3.63, 3.8) is 0 Å². The van der Waals surface area contributed by atoms with E-state index in [1.165, 1.54) is 0 Å². The zero-order chi connectivity index (χ0) is 19.5. The lowest BCUT2D eigenvalue weighted by atomic mass is 10.1. The van der Waals surface area contributed by atoms with Crippen molar-refractivity contribution in [1.29, 1.82) is 0 Å². The molecular weight excluding hydrogens is 344 g/mol. The Balaban J connectivity index is 1.63. The lowest BCUT2D eigenvalue weighted by Crippen LogP contribution is -2.37. The summed E-state index contributed by atoms with van der Waals surface area (Å²) in [7, 11) is 5.16. The first-order chi connectivity index (χ1) is 13.1. The number of hydrogen-bond acceptors (Lipinski definition) is 5. The minimum atomic E-state index is 0.00306. The molecular formula is C21H28N2O4. The number of amides is 1. The fourth-order valence-corrected chi connectivity index (χ4v) is 2.57. The second kappa shape index (κ2) is 11.1. The van der Waals surface area contributed by atoms with Gasteiger partial charge in [0.25, 0.3) is 0 Å². The Morgan fingerprint density at radius 3 is 2.37 bits per heavy atom. The number of carbonyl (C=O) groups is 1. The average molecular weight is 372 g/mol. The lowest BCUT2D eigenvalue weighted by Gasteiger charge is -2.17. The maximum atomic E-state index is 12.0. The molecule has 2 rings (SSSR count). The maximum absolute atomic E-state index is 12.0. The van der Waals surface area contributed by atoms with Crippen LogP contribution in [-0.2, 0) is 11.2 Å². The summed E-state index contributed by atoms with van der Waals surface area (Å²) >= 11 is 0. The van der Waals surface area contributed by atoms with Gasteiger partial charge in [-0.1, -0.05) is 24.3 Å². The molecule has 0 saturated carbocycles. The number of methoxy groups -OCH3 is 2. The highest BCUT2D eigenvalue weighted by atomic mass is 16.5. The van der Waals surface area contributed by atoms with Crippen LogP contribution in [0.3, 0.4) is 0 Å². The van der Waals surface area contributed by atoms with Crippen LogP contribution in [0.1, 0.15) is 5.56 Å². The molecule has 0 unspecified atom stereocenters. The van der Waals surface area contributed by atoms with Gasteiger partial charge in [0, 0.05) is 13.1 Å². The number of hydrogen-bond donors (Lipinski definition) is 1. The van der Waals surface area contributed by atoms with Crippen LogP contribution >= 0.6 is 0 Å². The number of ether oxygens (including phenoxy) is 3. The lowest BCUT2D eigenvalue weighted by molar-refractivity contribution is -0.121. The third kappa shape index (κ3) is 7.19. The molecule has 0 bridgehead atoms. The minimum Gasteiger partial charge on any atom is -0.497 e. The van der Waals surface area contributed by atoms with Crippen LogP contribution in [0.2, 0.25) is 0 Å². The molecule has 0 aliphatic carbocycles. The second-order valence-electron chi connectivity index (χ2n) is 6.19. The smallest absolute Gasteiger partial charge is 0.234 e. The zero-order valence-corrected chi connectivity index (χ0v) is 16.2. The van der Waals surface area contributed by atoms with Gasteiger partial charge in [-0.2, -0.15) is 0 Å². The van der Waals surface area contributed by atoms with Crippen molar-refractivity contribution >= 4 is 5.91 Å². The van der Waals surface area contributed by atoms with E-state index < -0.39 is 0 Å². The predicted octanol–water partition coefficient (Wildman–Crippen LogP) is 2.37. The highest BCUT2D eigenvalue weighted by Gasteiger charge is 2.08. The summed E-state index contributed by atoms with van der Waals surface area (Å²) in [6, 6.07) is 15.4. The van der Waals surface area contributed by atoms with Crippen LogP contribution in [0.5, 0.6) is 17.2 Å². The molecule has 1 amide bonds. The summed E-state index contributed by atoms with van der Waals surface area (Å²) in [4.78, 5) is 14.0. The Hall–Kier alpha value is -2.73. The number of nitrogens with one attached hydrogen (secondary N) is 1. The molecule has 0 fully saturated rings. The molecule has 6 heteroatoms. The Kier molecular flexibility index (Phi) is 8.45. The van der Waals surface area contributed by atoms with Crippen LogP contribution in [0.25, 0.3) is 0 Å². The fraction of sp³-hybridized carbons (Fsp3) is 0.381. The van der Waals surface area contributed by atoms with E-state index in [4.69, 9.17) is 14.2 Å². The molecule has 2 aromatic rings. The zero-order valence-electron chi connectivity index (χ0n) is 16.2. The summed E-state index contributed by atoms with van der Waals surface area (Å²) in [5.41, 5.74) is 1.16. The van der Waals surface area contributed by atoms with Crippen molar-refractivity contribution in [2.45, 2.75) is 6.42 Å². The van der Waals surface area contributed by atoms with Gasteiger partial charge in [-0.3, -0.25) is 9.69 Å². The number of benzene rings is 2. The van der Waals surface area contributed by atoms with Gasteiger partial charge in [-0.05, 0) is 43.3 Å². The van der Waals surface area contributed by atoms with Crippen molar-refractivity contribution in [2.24, 2.45) is 0 Å². The summed E-state index contributed by atoms with van der Waals surface area (Å²) in [6.45, 7) is 2.06. The molecule has 0 aliphatic rings. The normalized spacial score (nSPS) is 10.5.